The maximum atomic E-state index is 13.5. The first kappa shape index (κ1) is 20.4. The molecule has 1 amide bonds. The molecule has 7 nitrogen and oxygen atoms in total. The van der Waals surface area contributed by atoms with Crippen molar-refractivity contribution in [3.63, 3.8) is 0 Å². The lowest BCUT2D eigenvalue weighted by Crippen LogP contribution is -2.41. The molecule has 0 atom stereocenters. The highest BCUT2D eigenvalue weighted by atomic mass is 32.2. The van der Waals surface area contributed by atoms with Gasteiger partial charge in [-0.3, -0.25) is 9.10 Å². The highest BCUT2D eigenvalue weighted by Crippen LogP contribution is 2.32. The van der Waals surface area contributed by atoms with E-state index in [0.717, 1.165) is 5.56 Å². The van der Waals surface area contributed by atoms with Crippen LogP contribution in [0.2, 0.25) is 0 Å². The van der Waals surface area contributed by atoms with E-state index in [1.165, 1.54) is 11.4 Å². The van der Waals surface area contributed by atoms with Crippen molar-refractivity contribution in [3.05, 3.63) is 46.8 Å². The van der Waals surface area contributed by atoms with E-state index in [2.05, 4.69) is 0 Å². The zero-order chi connectivity index (χ0) is 20.6. The molecule has 0 N–H and O–H groups in total. The third-order valence-electron chi connectivity index (χ3n) is 5.45. The van der Waals surface area contributed by atoms with Gasteiger partial charge in [0.05, 0.1) is 24.5 Å². The number of carbonyl (C=O) groups excluding carboxylic acids is 1. The van der Waals surface area contributed by atoms with E-state index >= 15 is 0 Å². The number of nitrogens with zero attached hydrogens (tertiary/aromatic N) is 3. The minimum atomic E-state index is -3.92. The average molecular weight is 406 g/mol. The number of morpholine rings is 1. The van der Waals surface area contributed by atoms with Crippen LogP contribution in [-0.4, -0.2) is 57.1 Å². The van der Waals surface area contributed by atoms with E-state index in [-0.39, 0.29) is 16.4 Å². The van der Waals surface area contributed by atoms with E-state index in [1.807, 2.05) is 19.1 Å². The average Bonchev–Trinajstić information content (AvgIpc) is 2.92. The summed E-state index contributed by atoms with van der Waals surface area (Å²) in [6, 6.07) is 7.26. The van der Waals surface area contributed by atoms with E-state index in [0.29, 0.717) is 43.4 Å². The molecule has 152 valence electrons. The third-order valence-corrected chi connectivity index (χ3v) is 7.40. The predicted molar refractivity (Wildman–Crippen MR) is 108 cm³/mol. The van der Waals surface area contributed by atoms with Crippen molar-refractivity contribution in [1.82, 2.24) is 9.47 Å². The Labute approximate surface area is 166 Å². The molecule has 3 rings (SSSR count). The van der Waals surface area contributed by atoms with Gasteiger partial charge in [0.25, 0.3) is 15.9 Å². The second kappa shape index (κ2) is 7.60. The van der Waals surface area contributed by atoms with Gasteiger partial charge < -0.3 is 14.2 Å². The van der Waals surface area contributed by atoms with Crippen molar-refractivity contribution in [3.8, 4) is 0 Å². The molecule has 2 heterocycles. The van der Waals surface area contributed by atoms with Gasteiger partial charge in [-0.05, 0) is 32.9 Å². The molecule has 1 aliphatic heterocycles. The van der Waals surface area contributed by atoms with Gasteiger partial charge >= 0.3 is 0 Å². The minimum Gasteiger partial charge on any atom is -0.378 e. The summed E-state index contributed by atoms with van der Waals surface area (Å²) >= 11 is 0. The van der Waals surface area contributed by atoms with E-state index in [1.54, 1.807) is 42.5 Å². The van der Waals surface area contributed by atoms with Crippen molar-refractivity contribution >= 4 is 21.6 Å². The van der Waals surface area contributed by atoms with Gasteiger partial charge in [-0.1, -0.05) is 17.7 Å². The molecule has 8 heteroatoms. The standard InChI is InChI=1S/C20H27N3O4S/c1-14-6-8-17(9-7-14)22(5)28(25,26)19-16(3)21(4)15(2)18(19)20(24)23-10-12-27-13-11-23/h6-9H,10-13H2,1-5H3. The molecular formula is C20H27N3O4S. The fourth-order valence-electron chi connectivity index (χ4n) is 3.44. The Morgan fingerprint density at radius 2 is 1.61 bits per heavy atom. The summed E-state index contributed by atoms with van der Waals surface area (Å²) in [4.78, 5) is 15.0. The Balaban J connectivity index is 2.11. The molecule has 0 unspecified atom stereocenters. The number of carbonyl (C=O) groups is 1. The number of hydrogen-bond acceptors (Lipinski definition) is 4. The largest absolute Gasteiger partial charge is 0.378 e. The van der Waals surface area contributed by atoms with Gasteiger partial charge in [0, 0.05) is 38.6 Å². The number of hydrogen-bond donors (Lipinski definition) is 0. The van der Waals surface area contributed by atoms with Gasteiger partial charge in [0.1, 0.15) is 4.90 Å². The lowest BCUT2D eigenvalue weighted by Gasteiger charge is -2.28. The first-order valence-electron chi connectivity index (χ1n) is 9.24. The Morgan fingerprint density at radius 1 is 1.04 bits per heavy atom. The second-order valence-electron chi connectivity index (χ2n) is 7.15. The van der Waals surface area contributed by atoms with Crippen LogP contribution in [0, 0.1) is 20.8 Å². The van der Waals surface area contributed by atoms with Crippen LogP contribution < -0.4 is 4.31 Å². The Hall–Kier alpha value is -2.32. The molecule has 0 bridgehead atoms. The van der Waals surface area contributed by atoms with Gasteiger partial charge in [-0.15, -0.1) is 0 Å². The maximum absolute atomic E-state index is 13.5. The number of ether oxygens (including phenoxy) is 1. The maximum Gasteiger partial charge on any atom is 0.266 e. The number of benzene rings is 1. The molecule has 2 aromatic rings. The molecule has 1 aromatic heterocycles. The van der Waals surface area contributed by atoms with Crippen molar-refractivity contribution < 1.29 is 17.9 Å². The predicted octanol–water partition coefficient (Wildman–Crippen LogP) is 2.25. The molecule has 0 spiro atoms. The van der Waals surface area contributed by atoms with Crippen molar-refractivity contribution in [2.45, 2.75) is 25.7 Å². The van der Waals surface area contributed by atoms with Crippen LogP contribution in [0.5, 0.6) is 0 Å². The Kier molecular flexibility index (Phi) is 5.54. The molecule has 0 radical (unpaired) electrons. The van der Waals surface area contributed by atoms with Crippen LogP contribution in [0.3, 0.4) is 0 Å². The number of amides is 1. The zero-order valence-corrected chi connectivity index (χ0v) is 17.8. The zero-order valence-electron chi connectivity index (χ0n) is 17.0. The second-order valence-corrected chi connectivity index (χ2v) is 9.05. The summed E-state index contributed by atoms with van der Waals surface area (Å²) in [5.41, 5.74) is 3.04. The monoisotopic (exact) mass is 405 g/mol. The lowest BCUT2D eigenvalue weighted by molar-refractivity contribution is 0.0300. The normalized spacial score (nSPS) is 15.0. The van der Waals surface area contributed by atoms with Crippen LogP contribution >= 0.6 is 0 Å². The molecule has 28 heavy (non-hydrogen) atoms. The molecule has 1 fully saturated rings. The fourth-order valence-corrected chi connectivity index (χ4v) is 5.12. The minimum absolute atomic E-state index is 0.0760. The summed E-state index contributed by atoms with van der Waals surface area (Å²) in [5.74, 6) is -0.264. The SMILES string of the molecule is Cc1ccc(N(C)S(=O)(=O)c2c(C(=O)N3CCOCC3)c(C)n(C)c2C)cc1. The number of anilines is 1. The highest BCUT2D eigenvalue weighted by molar-refractivity contribution is 7.93. The van der Waals surface area contributed by atoms with E-state index in [9.17, 15) is 13.2 Å². The van der Waals surface area contributed by atoms with Gasteiger partial charge in [0.15, 0.2) is 0 Å². The fraction of sp³-hybridized carbons (Fsp3) is 0.450. The Morgan fingerprint density at radius 3 is 2.18 bits per heavy atom. The van der Waals surface area contributed by atoms with Crippen LogP contribution in [0.4, 0.5) is 5.69 Å². The number of rotatable bonds is 4. The van der Waals surface area contributed by atoms with E-state index in [4.69, 9.17) is 4.74 Å². The van der Waals surface area contributed by atoms with Gasteiger partial charge in [0.2, 0.25) is 0 Å². The summed E-state index contributed by atoms with van der Waals surface area (Å²) in [6.45, 7) is 7.30. The quantitative estimate of drug-likeness (QED) is 0.782. The molecule has 1 saturated heterocycles. The number of sulfonamides is 1. The first-order chi connectivity index (χ1) is 13.2. The topological polar surface area (TPSA) is 71.8 Å². The van der Waals surface area contributed by atoms with Crippen LogP contribution in [0.1, 0.15) is 27.3 Å². The summed E-state index contributed by atoms with van der Waals surface area (Å²) < 4.78 is 35.4. The smallest absolute Gasteiger partial charge is 0.266 e. The van der Waals surface area contributed by atoms with Crippen molar-refractivity contribution in [1.29, 1.82) is 0 Å². The molecule has 0 aliphatic carbocycles. The van der Waals surface area contributed by atoms with Crippen LogP contribution in [0.25, 0.3) is 0 Å². The number of aryl methyl sites for hydroxylation is 1. The van der Waals surface area contributed by atoms with Crippen LogP contribution in [0.15, 0.2) is 29.2 Å². The summed E-state index contributed by atoms with van der Waals surface area (Å²) in [7, 11) is -0.616. The van der Waals surface area contributed by atoms with Gasteiger partial charge in [-0.2, -0.15) is 0 Å². The third kappa shape index (κ3) is 3.42. The Bertz CT molecular complexity index is 987. The highest BCUT2D eigenvalue weighted by Gasteiger charge is 2.35. The lowest BCUT2D eigenvalue weighted by atomic mass is 10.2. The van der Waals surface area contributed by atoms with Crippen molar-refractivity contribution in [2.75, 3.05) is 37.7 Å². The molecule has 0 saturated carbocycles. The summed E-state index contributed by atoms with van der Waals surface area (Å²) in [5, 5.41) is 0. The van der Waals surface area contributed by atoms with Gasteiger partial charge in [-0.25, -0.2) is 8.42 Å². The molecular weight excluding hydrogens is 378 g/mol. The first-order valence-corrected chi connectivity index (χ1v) is 10.7. The number of aromatic nitrogens is 1. The van der Waals surface area contributed by atoms with E-state index < -0.39 is 10.0 Å². The molecule has 1 aromatic carbocycles. The van der Waals surface area contributed by atoms with Crippen molar-refractivity contribution in [2.24, 2.45) is 7.05 Å². The van der Waals surface area contributed by atoms with Crippen LogP contribution in [-0.2, 0) is 21.8 Å². The summed E-state index contributed by atoms with van der Waals surface area (Å²) in [6.07, 6.45) is 0. The molecule has 1 aliphatic rings.